The summed E-state index contributed by atoms with van der Waals surface area (Å²) in [6.07, 6.45) is 0. The molecule has 0 bridgehead atoms. The van der Waals surface area contributed by atoms with Gasteiger partial charge in [0, 0.05) is 41.7 Å². The van der Waals surface area contributed by atoms with Crippen molar-refractivity contribution in [2.24, 2.45) is 5.92 Å². The maximum absolute atomic E-state index is 4.68. The van der Waals surface area contributed by atoms with E-state index >= 15 is 0 Å². The largest absolute Gasteiger partial charge is 0.554 e. The number of rotatable bonds is 2. The summed E-state index contributed by atoms with van der Waals surface area (Å²) in [7, 11) is 1.67. The summed E-state index contributed by atoms with van der Waals surface area (Å²) in [6, 6.07) is 0. The van der Waals surface area contributed by atoms with Crippen LogP contribution in [-0.2, 0) is 4.74 Å². The maximum Gasteiger partial charge on any atom is 0 e. The predicted molar refractivity (Wildman–Crippen MR) is 26.1 cm³/mol. The van der Waals surface area contributed by atoms with Gasteiger partial charge in [0.25, 0.3) is 0 Å². The molecule has 0 radical (unpaired) electrons. The molecular weight excluding hydrogens is 216 g/mol. The first-order chi connectivity index (χ1) is 2.77. The Morgan fingerprint density at radius 2 is 1.86 bits per heavy atom. The maximum atomic E-state index is 4.68. The van der Waals surface area contributed by atoms with Crippen LogP contribution < -0.4 is 0 Å². The second kappa shape index (κ2) is 7.34. The van der Waals surface area contributed by atoms with E-state index in [1.165, 1.54) is 0 Å². The van der Waals surface area contributed by atoms with Crippen LogP contribution in [0.25, 0.3) is 0 Å². The minimum atomic E-state index is 0. The van der Waals surface area contributed by atoms with E-state index in [2.05, 4.69) is 18.6 Å². The summed E-state index contributed by atoms with van der Waals surface area (Å²) in [4.78, 5) is 0. The molecule has 0 rings (SSSR count). The molecule has 0 saturated heterocycles. The van der Waals surface area contributed by atoms with E-state index in [4.69, 9.17) is 0 Å². The van der Waals surface area contributed by atoms with Gasteiger partial charge in [0.05, 0.1) is 0 Å². The Kier molecular flexibility index (Phi) is 11.7. The van der Waals surface area contributed by atoms with Crippen LogP contribution in [0.4, 0.5) is 0 Å². The van der Waals surface area contributed by atoms with E-state index in [-0.39, 0.29) is 41.7 Å². The molecule has 0 aromatic heterocycles. The molecule has 0 spiro atoms. The third-order valence-corrected chi connectivity index (χ3v) is 0.408. The average molecular weight is 227 g/mol. The monoisotopic (exact) mass is 227 g/mol. The summed E-state index contributed by atoms with van der Waals surface area (Å²) in [6.45, 7) is 5.94. The first kappa shape index (κ1) is 11.2. The normalized spacial score (nSPS) is 8.57. The fourth-order valence-corrected chi connectivity index (χ4v) is 0.272. The molecule has 0 saturated carbocycles. The summed E-state index contributed by atoms with van der Waals surface area (Å²) in [5.74, 6) is 0.551. The minimum absolute atomic E-state index is 0. The van der Waals surface area contributed by atoms with E-state index in [1.54, 1.807) is 13.7 Å². The average Bonchev–Trinajstić information content (AvgIpc) is 1.35. The zero-order chi connectivity index (χ0) is 4.99. The van der Waals surface area contributed by atoms with Crippen molar-refractivity contribution in [2.45, 2.75) is 13.8 Å². The molecule has 0 amide bonds. The molecule has 0 heterocycles. The fourth-order valence-electron chi connectivity index (χ4n) is 0.272. The summed E-state index contributed by atoms with van der Waals surface area (Å²) >= 11 is 0. The summed E-state index contributed by atoms with van der Waals surface area (Å²) in [5.41, 5.74) is 0. The standard InChI is InChI=1S/C5H11O.Ce/c1-5(2)4-6-3;/h4-5H,1-3H3;/q-1;. The first-order valence-corrected chi connectivity index (χ1v) is 2.13. The van der Waals surface area contributed by atoms with E-state index in [0.29, 0.717) is 5.92 Å². The van der Waals surface area contributed by atoms with Gasteiger partial charge in [0.15, 0.2) is 0 Å². The quantitative estimate of drug-likeness (QED) is 0.649. The molecule has 0 aliphatic carbocycles. The van der Waals surface area contributed by atoms with Crippen LogP contribution in [0.5, 0.6) is 0 Å². The molecule has 1 nitrogen and oxygen atoms in total. The van der Waals surface area contributed by atoms with E-state index in [0.717, 1.165) is 0 Å². The van der Waals surface area contributed by atoms with Crippen molar-refractivity contribution in [2.75, 3.05) is 7.11 Å². The topological polar surface area (TPSA) is 9.23 Å². The van der Waals surface area contributed by atoms with Gasteiger partial charge in [-0.1, -0.05) is 13.8 Å². The zero-order valence-electron chi connectivity index (χ0n) is 5.06. The first-order valence-electron chi connectivity index (χ1n) is 2.13. The van der Waals surface area contributed by atoms with Crippen LogP contribution in [-0.4, -0.2) is 7.11 Å². The van der Waals surface area contributed by atoms with Gasteiger partial charge in [-0.25, -0.2) is 6.61 Å². The molecule has 2 heteroatoms. The van der Waals surface area contributed by atoms with Crippen LogP contribution >= 0.6 is 0 Å². The van der Waals surface area contributed by atoms with Crippen LogP contribution in [0.3, 0.4) is 0 Å². The smallest absolute Gasteiger partial charge is 0 e. The van der Waals surface area contributed by atoms with E-state index in [9.17, 15) is 0 Å². The molecule has 0 fully saturated rings. The second-order valence-electron chi connectivity index (χ2n) is 1.62. The van der Waals surface area contributed by atoms with E-state index in [1.807, 2.05) is 0 Å². The van der Waals surface area contributed by atoms with Crippen molar-refractivity contribution in [3.05, 3.63) is 6.61 Å². The van der Waals surface area contributed by atoms with Gasteiger partial charge in [-0.2, -0.15) is 5.92 Å². The Balaban J connectivity index is 0. The molecule has 0 unspecified atom stereocenters. The SMILES string of the molecule is CO[CH-]C(C)C.[Ce]. The van der Waals surface area contributed by atoms with Crippen LogP contribution in [0, 0.1) is 54.3 Å². The van der Waals surface area contributed by atoms with Crippen LogP contribution in [0.2, 0.25) is 0 Å². The molecule has 0 N–H and O–H groups in total. The van der Waals surface area contributed by atoms with Crippen molar-refractivity contribution >= 4 is 0 Å². The number of hydrogen-bond donors (Lipinski definition) is 0. The number of ether oxygens (including phenoxy) is 1. The third kappa shape index (κ3) is 11.1. The predicted octanol–water partition coefficient (Wildman–Crippen LogP) is 1.45. The van der Waals surface area contributed by atoms with Gasteiger partial charge in [-0.3, -0.25) is 0 Å². The Labute approximate surface area is 79.2 Å². The van der Waals surface area contributed by atoms with Gasteiger partial charge in [0.1, 0.15) is 0 Å². The molecule has 0 aromatic rings. The zero-order valence-corrected chi connectivity index (χ0v) is 8.20. The summed E-state index contributed by atoms with van der Waals surface area (Å²) in [5, 5.41) is 0. The Morgan fingerprint density at radius 3 is 1.86 bits per heavy atom. The van der Waals surface area contributed by atoms with Gasteiger partial charge in [-0.05, 0) is 7.11 Å². The summed E-state index contributed by atoms with van der Waals surface area (Å²) < 4.78 is 4.68. The number of methoxy groups -OCH3 is 1. The Bertz CT molecular complexity index is 29.3. The van der Waals surface area contributed by atoms with Gasteiger partial charge in [0.2, 0.25) is 0 Å². The molecule has 0 aliphatic heterocycles. The fraction of sp³-hybridized carbons (Fsp3) is 0.800. The number of hydrogen-bond acceptors (Lipinski definition) is 1. The molecule has 7 heavy (non-hydrogen) atoms. The second-order valence-corrected chi connectivity index (χ2v) is 1.62. The molecular formula is C5H11CeO-. The van der Waals surface area contributed by atoms with Gasteiger partial charge >= 0.3 is 0 Å². The molecule has 42 valence electrons. The Morgan fingerprint density at radius 1 is 1.43 bits per heavy atom. The Hall–Kier alpha value is 1.34. The van der Waals surface area contributed by atoms with Gasteiger partial charge in [-0.15, -0.1) is 0 Å². The van der Waals surface area contributed by atoms with Crippen LogP contribution in [0.15, 0.2) is 0 Å². The molecule has 0 atom stereocenters. The van der Waals surface area contributed by atoms with Gasteiger partial charge < -0.3 is 4.74 Å². The third-order valence-electron chi connectivity index (χ3n) is 0.408. The molecule has 0 aliphatic rings. The van der Waals surface area contributed by atoms with E-state index < -0.39 is 0 Å². The minimum Gasteiger partial charge on any atom is -0.554 e. The van der Waals surface area contributed by atoms with Crippen LogP contribution in [0.1, 0.15) is 13.8 Å². The van der Waals surface area contributed by atoms with Crippen molar-refractivity contribution in [1.29, 1.82) is 0 Å². The molecule has 0 aromatic carbocycles. The van der Waals surface area contributed by atoms with Crippen molar-refractivity contribution in [1.82, 2.24) is 0 Å². The van der Waals surface area contributed by atoms with Crippen molar-refractivity contribution in [3.63, 3.8) is 0 Å². The van der Waals surface area contributed by atoms with Crippen molar-refractivity contribution < 1.29 is 46.5 Å². The van der Waals surface area contributed by atoms with Crippen molar-refractivity contribution in [3.8, 4) is 0 Å².